The van der Waals surface area contributed by atoms with E-state index in [0.29, 0.717) is 17.0 Å². The molecule has 0 heterocycles. The molecule has 0 saturated heterocycles. The molecule has 0 aromatic heterocycles. The second-order valence-corrected chi connectivity index (χ2v) is 12.1. The third-order valence-corrected chi connectivity index (χ3v) is 10.1. The van der Waals surface area contributed by atoms with Gasteiger partial charge in [0, 0.05) is 0 Å². The molecule has 0 amide bonds. The minimum absolute atomic E-state index is 0.108. The number of benzene rings is 2. The summed E-state index contributed by atoms with van der Waals surface area (Å²) in [6, 6.07) is 20.0. The van der Waals surface area contributed by atoms with Crippen molar-refractivity contribution in [2.45, 2.75) is 45.5 Å². The zero-order valence-corrected chi connectivity index (χ0v) is 16.3. The molecule has 0 spiro atoms. The Bertz CT molecular complexity index is 652. The van der Waals surface area contributed by atoms with E-state index in [9.17, 15) is 4.79 Å². The van der Waals surface area contributed by atoms with E-state index < -0.39 is 8.07 Å². The van der Waals surface area contributed by atoms with E-state index in [1.54, 1.807) is 12.1 Å². The summed E-state index contributed by atoms with van der Waals surface area (Å²) in [6.07, 6.45) is -0.108. The van der Waals surface area contributed by atoms with E-state index in [2.05, 4.69) is 57.3 Å². The molecule has 0 aliphatic rings. The summed E-state index contributed by atoms with van der Waals surface area (Å²) >= 11 is 0. The summed E-state index contributed by atoms with van der Waals surface area (Å²) in [5, 5.41) is 1.45. The van der Waals surface area contributed by atoms with Gasteiger partial charge in [0.2, 0.25) is 0 Å². The van der Waals surface area contributed by atoms with Gasteiger partial charge in [-0.3, -0.25) is 0 Å². The number of rotatable bonds is 6. The fourth-order valence-electron chi connectivity index (χ4n) is 3.11. The predicted octanol–water partition coefficient (Wildman–Crippen LogP) is 4.87. The van der Waals surface area contributed by atoms with Crippen LogP contribution in [0.1, 0.15) is 31.1 Å². The number of hydrogen-bond acceptors (Lipinski definition) is 2. The fourth-order valence-corrected chi connectivity index (χ4v) is 6.28. The van der Waals surface area contributed by atoms with Crippen molar-refractivity contribution in [1.29, 1.82) is 0 Å². The van der Waals surface area contributed by atoms with E-state index in [1.165, 1.54) is 5.19 Å². The molecule has 0 radical (unpaired) electrons. The van der Waals surface area contributed by atoms with E-state index in [4.69, 9.17) is 4.74 Å². The monoisotopic (exact) mass is 340 g/mol. The van der Waals surface area contributed by atoms with Crippen molar-refractivity contribution in [2.75, 3.05) is 0 Å². The summed E-state index contributed by atoms with van der Waals surface area (Å²) in [6.45, 7) is 11.3. The molecule has 3 atom stereocenters. The number of hydrogen-bond donors (Lipinski definition) is 0. The molecule has 2 nitrogen and oxygen atoms in total. The first-order valence-electron chi connectivity index (χ1n) is 8.65. The van der Waals surface area contributed by atoms with Gasteiger partial charge in [0.05, 0.1) is 13.6 Å². The van der Waals surface area contributed by atoms with Gasteiger partial charge in [-0.25, -0.2) is 4.79 Å². The van der Waals surface area contributed by atoms with Crippen LogP contribution in [0.15, 0.2) is 60.7 Å². The standard InChI is InChI=1S/C21H28O2Si/c1-16(17(2)23-21(22)19-12-8-6-9-13-19)18(3)24(4,5)20-14-10-7-11-15-20/h6-18H,1-5H3/t16-,17-,18+/m1/s1. The molecule has 0 aliphatic carbocycles. The second-order valence-electron chi connectivity index (χ2n) is 7.21. The molecule has 128 valence electrons. The molecule has 0 bridgehead atoms. The topological polar surface area (TPSA) is 26.3 Å². The van der Waals surface area contributed by atoms with Crippen LogP contribution in [0.2, 0.25) is 18.6 Å². The first-order valence-corrected chi connectivity index (χ1v) is 11.7. The van der Waals surface area contributed by atoms with E-state index in [-0.39, 0.29) is 12.1 Å². The Balaban J connectivity index is 2.07. The normalized spacial score (nSPS) is 15.4. The number of carbonyl (C=O) groups excluding carboxylic acids is 1. The highest BCUT2D eigenvalue weighted by atomic mass is 28.3. The molecule has 0 unspecified atom stereocenters. The van der Waals surface area contributed by atoms with Crippen LogP contribution in [0.3, 0.4) is 0 Å². The van der Waals surface area contributed by atoms with Crippen LogP contribution in [0, 0.1) is 5.92 Å². The first-order chi connectivity index (χ1) is 11.3. The molecular formula is C21H28O2Si. The summed E-state index contributed by atoms with van der Waals surface area (Å²) in [7, 11) is -1.63. The molecule has 0 fully saturated rings. The van der Waals surface area contributed by atoms with Crippen molar-refractivity contribution >= 4 is 19.2 Å². The maximum atomic E-state index is 12.3. The smallest absolute Gasteiger partial charge is 0.338 e. The van der Waals surface area contributed by atoms with E-state index in [0.717, 1.165) is 0 Å². The van der Waals surface area contributed by atoms with Gasteiger partial charge in [-0.05, 0) is 30.5 Å². The fraction of sp³-hybridized carbons (Fsp3) is 0.381. The molecule has 24 heavy (non-hydrogen) atoms. The second kappa shape index (κ2) is 7.80. The highest BCUT2D eigenvalue weighted by Crippen LogP contribution is 2.32. The third kappa shape index (κ3) is 4.15. The SMILES string of the molecule is C[C@H]([C@@H](C)OC(=O)c1ccccc1)[C@H](C)[Si](C)(C)c1ccccc1. The lowest BCUT2D eigenvalue weighted by Crippen LogP contribution is -2.48. The van der Waals surface area contributed by atoms with Crippen LogP contribution in [0.5, 0.6) is 0 Å². The quantitative estimate of drug-likeness (QED) is 0.554. The lowest BCUT2D eigenvalue weighted by molar-refractivity contribution is 0.0211. The molecule has 2 aromatic carbocycles. The summed E-state index contributed by atoms with van der Waals surface area (Å²) in [4.78, 5) is 12.3. The zero-order valence-electron chi connectivity index (χ0n) is 15.3. The summed E-state index contributed by atoms with van der Waals surface area (Å²) in [5.74, 6) is 0.0702. The van der Waals surface area contributed by atoms with Crippen LogP contribution in [-0.2, 0) is 4.74 Å². The Hall–Kier alpha value is -1.87. The van der Waals surface area contributed by atoms with Gasteiger partial charge in [0.25, 0.3) is 0 Å². The van der Waals surface area contributed by atoms with Gasteiger partial charge in [-0.15, -0.1) is 0 Å². The van der Waals surface area contributed by atoms with Gasteiger partial charge in [0.15, 0.2) is 0 Å². The first kappa shape index (κ1) is 18.5. The van der Waals surface area contributed by atoms with Crippen molar-refractivity contribution in [3.05, 3.63) is 66.2 Å². The minimum Gasteiger partial charge on any atom is -0.459 e. The predicted molar refractivity (Wildman–Crippen MR) is 103 cm³/mol. The molecule has 0 N–H and O–H groups in total. The molecule has 2 aromatic rings. The highest BCUT2D eigenvalue weighted by Gasteiger charge is 2.36. The lowest BCUT2D eigenvalue weighted by Gasteiger charge is -2.37. The molecule has 3 heteroatoms. The zero-order chi connectivity index (χ0) is 17.7. The number of carbonyl (C=O) groups is 1. The third-order valence-electron chi connectivity index (χ3n) is 5.49. The van der Waals surface area contributed by atoms with Gasteiger partial charge < -0.3 is 4.74 Å². The van der Waals surface area contributed by atoms with Crippen LogP contribution in [-0.4, -0.2) is 20.1 Å². The van der Waals surface area contributed by atoms with Crippen molar-refractivity contribution in [2.24, 2.45) is 5.92 Å². The number of esters is 1. The van der Waals surface area contributed by atoms with Crippen molar-refractivity contribution < 1.29 is 9.53 Å². The number of ether oxygens (including phenoxy) is 1. The highest BCUT2D eigenvalue weighted by molar-refractivity contribution is 6.91. The minimum atomic E-state index is -1.63. The van der Waals surface area contributed by atoms with Gasteiger partial charge in [0.1, 0.15) is 6.10 Å². The van der Waals surface area contributed by atoms with Crippen molar-refractivity contribution in [1.82, 2.24) is 0 Å². The van der Waals surface area contributed by atoms with E-state index in [1.807, 2.05) is 25.1 Å². The van der Waals surface area contributed by atoms with Gasteiger partial charge >= 0.3 is 5.97 Å². The Morgan fingerprint density at radius 1 is 0.875 bits per heavy atom. The maximum Gasteiger partial charge on any atom is 0.338 e. The van der Waals surface area contributed by atoms with Crippen LogP contribution < -0.4 is 5.19 Å². The summed E-state index contributed by atoms with van der Waals surface area (Å²) in [5.41, 5.74) is 1.11. The average molecular weight is 341 g/mol. The van der Waals surface area contributed by atoms with Gasteiger partial charge in [-0.2, -0.15) is 0 Å². The van der Waals surface area contributed by atoms with Gasteiger partial charge in [-0.1, -0.05) is 80.7 Å². The molecule has 0 saturated carbocycles. The van der Waals surface area contributed by atoms with Crippen LogP contribution >= 0.6 is 0 Å². The Morgan fingerprint density at radius 2 is 1.38 bits per heavy atom. The van der Waals surface area contributed by atoms with E-state index >= 15 is 0 Å². The molecular weight excluding hydrogens is 312 g/mol. The largest absolute Gasteiger partial charge is 0.459 e. The Labute approximate surface area is 146 Å². The Morgan fingerprint density at radius 3 is 1.92 bits per heavy atom. The van der Waals surface area contributed by atoms with Crippen molar-refractivity contribution in [3.8, 4) is 0 Å². The average Bonchev–Trinajstić information content (AvgIpc) is 2.61. The van der Waals surface area contributed by atoms with Crippen LogP contribution in [0.4, 0.5) is 0 Å². The lowest BCUT2D eigenvalue weighted by atomic mass is 10.0. The maximum absolute atomic E-state index is 12.3. The summed E-state index contributed by atoms with van der Waals surface area (Å²) < 4.78 is 5.73. The Kier molecular flexibility index (Phi) is 6.00. The van der Waals surface area contributed by atoms with Crippen LogP contribution in [0.25, 0.3) is 0 Å². The molecule has 2 rings (SSSR count). The van der Waals surface area contributed by atoms with Crippen molar-refractivity contribution in [3.63, 3.8) is 0 Å². The molecule has 0 aliphatic heterocycles.